The molecule has 0 fully saturated rings. The third kappa shape index (κ3) is 3.08. The maximum atomic E-state index is 12.3. The van der Waals surface area contributed by atoms with Crippen LogP contribution in [-0.4, -0.2) is 5.97 Å². The van der Waals surface area contributed by atoms with Crippen LogP contribution in [0.25, 0.3) is 0 Å². The molecule has 20 heavy (non-hydrogen) atoms. The Labute approximate surface area is 120 Å². The molecule has 0 aromatic heterocycles. The van der Waals surface area contributed by atoms with Gasteiger partial charge in [0.15, 0.2) is 0 Å². The van der Waals surface area contributed by atoms with E-state index < -0.39 is 0 Å². The fraction of sp³-hybridized carbons (Fsp3) is 0.278. The molecule has 0 bridgehead atoms. The Balaban J connectivity index is 2.28. The van der Waals surface area contributed by atoms with Crippen molar-refractivity contribution in [2.24, 2.45) is 0 Å². The monoisotopic (exact) mass is 268 g/mol. The van der Waals surface area contributed by atoms with Gasteiger partial charge in [0.05, 0.1) is 5.56 Å². The number of para-hydroxylation sites is 1. The van der Waals surface area contributed by atoms with Crippen LogP contribution in [0.3, 0.4) is 0 Å². The Hall–Kier alpha value is -2.09. The van der Waals surface area contributed by atoms with Crippen LogP contribution >= 0.6 is 0 Å². The number of carbonyl (C=O) groups is 1. The van der Waals surface area contributed by atoms with Crippen LogP contribution in [-0.2, 0) is 6.42 Å². The second-order valence-corrected chi connectivity index (χ2v) is 5.09. The van der Waals surface area contributed by atoms with Crippen LogP contribution in [0.15, 0.2) is 48.5 Å². The summed E-state index contributed by atoms with van der Waals surface area (Å²) in [6.45, 7) is 6.22. The van der Waals surface area contributed by atoms with Gasteiger partial charge in [0, 0.05) is 0 Å². The quantitative estimate of drug-likeness (QED) is 0.598. The summed E-state index contributed by atoms with van der Waals surface area (Å²) in [6.07, 6.45) is 0.817. The molecular formula is C18H20O2. The predicted octanol–water partition coefficient (Wildman–Crippen LogP) is 4.59. The average molecular weight is 268 g/mol. The summed E-state index contributed by atoms with van der Waals surface area (Å²) in [6, 6.07) is 15.3. The van der Waals surface area contributed by atoms with Gasteiger partial charge >= 0.3 is 5.97 Å². The summed E-state index contributed by atoms with van der Waals surface area (Å²) in [5.74, 6) is 0.689. The van der Waals surface area contributed by atoms with Crippen LogP contribution in [0.4, 0.5) is 0 Å². The van der Waals surface area contributed by atoms with Gasteiger partial charge in [-0.15, -0.1) is 0 Å². The lowest BCUT2D eigenvalue weighted by Gasteiger charge is -2.13. The summed E-state index contributed by atoms with van der Waals surface area (Å²) < 4.78 is 5.60. The van der Waals surface area contributed by atoms with Gasteiger partial charge in [-0.1, -0.05) is 57.2 Å². The number of benzene rings is 2. The van der Waals surface area contributed by atoms with E-state index in [1.165, 1.54) is 0 Å². The maximum absolute atomic E-state index is 12.3. The molecule has 0 aliphatic rings. The first-order chi connectivity index (χ1) is 9.63. The molecule has 2 aromatic carbocycles. The number of aryl methyl sites for hydroxylation is 1. The first-order valence-corrected chi connectivity index (χ1v) is 7.02. The largest absolute Gasteiger partial charge is 0.423 e. The number of hydrogen-bond acceptors (Lipinski definition) is 2. The molecule has 2 heteroatoms. The Bertz CT molecular complexity index is 600. The van der Waals surface area contributed by atoms with E-state index in [0.29, 0.717) is 17.2 Å². The minimum absolute atomic E-state index is 0.282. The summed E-state index contributed by atoms with van der Waals surface area (Å²) in [5, 5.41) is 0. The highest BCUT2D eigenvalue weighted by Crippen LogP contribution is 2.27. The molecule has 104 valence electrons. The number of ether oxygens (including phenoxy) is 1. The second kappa shape index (κ2) is 6.38. The zero-order valence-corrected chi connectivity index (χ0v) is 12.2. The molecule has 0 spiro atoms. The molecule has 0 radical (unpaired) electrons. The molecule has 2 nitrogen and oxygen atoms in total. The Morgan fingerprint density at radius 2 is 1.70 bits per heavy atom. The first kappa shape index (κ1) is 14.3. The van der Waals surface area contributed by atoms with Gasteiger partial charge in [-0.3, -0.25) is 0 Å². The maximum Gasteiger partial charge on any atom is 0.343 e. The zero-order chi connectivity index (χ0) is 14.5. The SMILES string of the molecule is CCc1ccccc1C(=O)Oc1ccccc1C(C)C. The molecule has 0 atom stereocenters. The molecule has 0 aliphatic carbocycles. The van der Waals surface area contributed by atoms with Crippen LogP contribution in [0.5, 0.6) is 5.75 Å². The van der Waals surface area contributed by atoms with Gasteiger partial charge in [-0.25, -0.2) is 4.79 Å². The van der Waals surface area contributed by atoms with Gasteiger partial charge < -0.3 is 4.74 Å². The number of esters is 1. The van der Waals surface area contributed by atoms with Crippen molar-refractivity contribution in [2.75, 3.05) is 0 Å². The van der Waals surface area contributed by atoms with E-state index in [-0.39, 0.29) is 5.97 Å². The third-order valence-corrected chi connectivity index (χ3v) is 3.36. The first-order valence-electron chi connectivity index (χ1n) is 7.02. The van der Waals surface area contributed by atoms with Crippen molar-refractivity contribution in [1.29, 1.82) is 0 Å². The highest BCUT2D eigenvalue weighted by Gasteiger charge is 2.15. The van der Waals surface area contributed by atoms with Gasteiger partial charge in [-0.2, -0.15) is 0 Å². The molecule has 0 N–H and O–H groups in total. The second-order valence-electron chi connectivity index (χ2n) is 5.09. The Morgan fingerprint density at radius 3 is 2.40 bits per heavy atom. The Morgan fingerprint density at radius 1 is 1.05 bits per heavy atom. The van der Waals surface area contributed by atoms with E-state index in [1.807, 2.05) is 55.5 Å². The molecule has 0 amide bonds. The molecule has 0 saturated carbocycles. The van der Waals surface area contributed by atoms with E-state index in [0.717, 1.165) is 17.5 Å². The summed E-state index contributed by atoms with van der Waals surface area (Å²) in [4.78, 5) is 12.3. The van der Waals surface area contributed by atoms with Crippen molar-refractivity contribution in [3.63, 3.8) is 0 Å². The fourth-order valence-electron chi connectivity index (χ4n) is 2.23. The lowest BCUT2D eigenvalue weighted by atomic mass is 10.0. The van der Waals surface area contributed by atoms with Crippen LogP contribution in [0, 0.1) is 0 Å². The van der Waals surface area contributed by atoms with Crippen LogP contribution < -0.4 is 4.74 Å². The highest BCUT2D eigenvalue weighted by atomic mass is 16.5. The molecule has 2 aromatic rings. The number of hydrogen-bond donors (Lipinski definition) is 0. The van der Waals surface area contributed by atoms with Gasteiger partial charge in [-0.05, 0) is 35.6 Å². The smallest absolute Gasteiger partial charge is 0.343 e. The topological polar surface area (TPSA) is 26.3 Å². The van der Waals surface area contributed by atoms with Crippen LogP contribution in [0.1, 0.15) is 48.2 Å². The van der Waals surface area contributed by atoms with Crippen molar-refractivity contribution in [3.8, 4) is 5.75 Å². The van der Waals surface area contributed by atoms with Crippen LogP contribution in [0.2, 0.25) is 0 Å². The zero-order valence-electron chi connectivity index (χ0n) is 12.2. The van der Waals surface area contributed by atoms with E-state index in [2.05, 4.69) is 13.8 Å². The molecule has 0 unspecified atom stereocenters. The standard InChI is InChI=1S/C18H20O2/c1-4-14-9-5-6-11-16(14)18(19)20-17-12-8-7-10-15(17)13(2)3/h5-13H,4H2,1-3H3. The molecule has 0 heterocycles. The number of rotatable bonds is 4. The van der Waals surface area contributed by atoms with E-state index in [1.54, 1.807) is 0 Å². The van der Waals surface area contributed by atoms with Gasteiger partial charge in [0.25, 0.3) is 0 Å². The minimum atomic E-state index is -0.282. The summed E-state index contributed by atoms with van der Waals surface area (Å²) >= 11 is 0. The molecule has 2 rings (SSSR count). The van der Waals surface area contributed by atoms with Crippen molar-refractivity contribution >= 4 is 5.97 Å². The predicted molar refractivity (Wildman–Crippen MR) is 81.3 cm³/mol. The van der Waals surface area contributed by atoms with Crippen molar-refractivity contribution in [1.82, 2.24) is 0 Å². The van der Waals surface area contributed by atoms with E-state index in [4.69, 9.17) is 4.74 Å². The lowest BCUT2D eigenvalue weighted by molar-refractivity contribution is 0.0731. The van der Waals surface area contributed by atoms with Crippen molar-refractivity contribution < 1.29 is 9.53 Å². The minimum Gasteiger partial charge on any atom is -0.423 e. The van der Waals surface area contributed by atoms with Crippen molar-refractivity contribution in [3.05, 3.63) is 65.2 Å². The number of carbonyl (C=O) groups excluding carboxylic acids is 1. The van der Waals surface area contributed by atoms with Gasteiger partial charge in [0.2, 0.25) is 0 Å². The van der Waals surface area contributed by atoms with E-state index >= 15 is 0 Å². The normalized spacial score (nSPS) is 10.6. The summed E-state index contributed by atoms with van der Waals surface area (Å²) in [7, 11) is 0. The molecule has 0 aliphatic heterocycles. The fourth-order valence-corrected chi connectivity index (χ4v) is 2.23. The average Bonchev–Trinajstić information content (AvgIpc) is 2.47. The molecule has 0 saturated heterocycles. The van der Waals surface area contributed by atoms with Crippen molar-refractivity contribution in [2.45, 2.75) is 33.1 Å². The summed E-state index contributed by atoms with van der Waals surface area (Å²) in [5.41, 5.74) is 2.71. The molecular weight excluding hydrogens is 248 g/mol. The highest BCUT2D eigenvalue weighted by molar-refractivity contribution is 5.92. The lowest BCUT2D eigenvalue weighted by Crippen LogP contribution is -2.12. The van der Waals surface area contributed by atoms with Gasteiger partial charge in [0.1, 0.15) is 5.75 Å². The third-order valence-electron chi connectivity index (χ3n) is 3.36. The Kier molecular flexibility index (Phi) is 4.57. The van der Waals surface area contributed by atoms with E-state index in [9.17, 15) is 4.79 Å².